The Balaban J connectivity index is 1.23. The van der Waals surface area contributed by atoms with Crippen molar-refractivity contribution in [3.05, 3.63) is 35.9 Å². The van der Waals surface area contributed by atoms with Crippen molar-refractivity contribution >= 4 is 22.8 Å². The normalized spacial score (nSPS) is 28.7. The topological polar surface area (TPSA) is 53.1 Å². The van der Waals surface area contributed by atoms with Gasteiger partial charge in [-0.2, -0.15) is 0 Å². The van der Waals surface area contributed by atoms with Crippen molar-refractivity contribution in [1.29, 1.82) is 0 Å². The molecular formula is C29H42N4. The molecule has 4 nitrogen and oxygen atoms in total. The molecule has 2 N–H and O–H groups in total. The molecule has 0 aromatic carbocycles. The molecular weight excluding hydrogens is 404 g/mol. The number of hydrogen-bond donors (Lipinski definition) is 2. The van der Waals surface area contributed by atoms with Gasteiger partial charge >= 0.3 is 0 Å². The number of H-pyrrole nitrogens is 1. The summed E-state index contributed by atoms with van der Waals surface area (Å²) in [5.41, 5.74) is 4.70. The fraction of sp³-hybridized carbons (Fsp3) is 0.655. The summed E-state index contributed by atoms with van der Waals surface area (Å²) in [6, 6.07) is 4.73. The molecule has 0 amide bonds. The maximum absolute atomic E-state index is 4.73. The number of fused-ring (bicyclic) bond motifs is 1. The van der Waals surface area contributed by atoms with Crippen LogP contribution in [0.2, 0.25) is 0 Å². The molecule has 2 fully saturated rings. The van der Waals surface area contributed by atoms with Crippen LogP contribution < -0.4 is 5.32 Å². The monoisotopic (exact) mass is 446 g/mol. The highest BCUT2D eigenvalue weighted by atomic mass is 15.0. The summed E-state index contributed by atoms with van der Waals surface area (Å²) in [7, 11) is 0. The van der Waals surface area contributed by atoms with Gasteiger partial charge in [0.25, 0.3) is 0 Å². The minimum Gasteiger partial charge on any atom is -0.357 e. The first kappa shape index (κ1) is 22.7. The first-order valence-corrected chi connectivity index (χ1v) is 13.6. The maximum atomic E-state index is 4.73. The van der Waals surface area contributed by atoms with Crippen molar-refractivity contribution < 1.29 is 0 Å². The predicted molar refractivity (Wildman–Crippen MR) is 139 cm³/mol. The van der Waals surface area contributed by atoms with Gasteiger partial charge in [-0.1, -0.05) is 52.4 Å². The second-order valence-electron chi connectivity index (χ2n) is 11.2. The molecule has 3 unspecified atom stereocenters. The second kappa shape index (κ2) is 10.0. The Bertz CT molecular complexity index is 986. The Morgan fingerprint density at radius 1 is 0.879 bits per heavy atom. The lowest BCUT2D eigenvalue weighted by Crippen LogP contribution is -2.27. The highest BCUT2D eigenvalue weighted by Gasteiger charge is 2.32. The van der Waals surface area contributed by atoms with E-state index in [2.05, 4.69) is 48.2 Å². The van der Waals surface area contributed by atoms with E-state index in [9.17, 15) is 0 Å². The van der Waals surface area contributed by atoms with E-state index < -0.39 is 0 Å². The molecule has 4 heteroatoms. The second-order valence-corrected chi connectivity index (χ2v) is 11.2. The molecule has 178 valence electrons. The third kappa shape index (κ3) is 4.90. The smallest absolute Gasteiger partial charge is 0.0870 e. The van der Waals surface area contributed by atoms with Crippen LogP contribution in [0.25, 0.3) is 16.5 Å². The Morgan fingerprint density at radius 2 is 1.58 bits per heavy atom. The molecule has 1 aliphatic heterocycles. The van der Waals surface area contributed by atoms with Crippen molar-refractivity contribution in [3.63, 3.8) is 0 Å². The summed E-state index contributed by atoms with van der Waals surface area (Å²) < 4.78 is 0. The number of nitrogens with zero attached hydrogens (tertiary/aromatic N) is 2. The number of aromatic amines is 1. The van der Waals surface area contributed by atoms with E-state index in [0.717, 1.165) is 40.5 Å². The average Bonchev–Trinajstić information content (AvgIpc) is 3.08. The summed E-state index contributed by atoms with van der Waals surface area (Å²) in [4.78, 5) is 12.9. The quantitative estimate of drug-likeness (QED) is 0.469. The van der Waals surface area contributed by atoms with Crippen LogP contribution in [0.5, 0.6) is 0 Å². The summed E-state index contributed by atoms with van der Waals surface area (Å²) >= 11 is 0. The third-order valence-corrected chi connectivity index (χ3v) is 9.28. The zero-order chi connectivity index (χ0) is 22.8. The average molecular weight is 447 g/mol. The van der Waals surface area contributed by atoms with Gasteiger partial charge in [-0.15, -0.1) is 0 Å². The van der Waals surface area contributed by atoms with Crippen molar-refractivity contribution in [3.8, 4) is 0 Å². The Labute approximate surface area is 199 Å². The molecule has 2 aliphatic carbocycles. The van der Waals surface area contributed by atoms with Gasteiger partial charge in [0.1, 0.15) is 0 Å². The Morgan fingerprint density at radius 3 is 2.30 bits per heavy atom. The van der Waals surface area contributed by atoms with Gasteiger partial charge in [0.2, 0.25) is 0 Å². The van der Waals surface area contributed by atoms with Gasteiger partial charge in [0.15, 0.2) is 0 Å². The van der Waals surface area contributed by atoms with E-state index in [0.29, 0.717) is 5.92 Å². The van der Waals surface area contributed by atoms with Crippen LogP contribution in [-0.4, -0.2) is 22.3 Å². The van der Waals surface area contributed by atoms with Crippen LogP contribution in [-0.2, 0) is 0 Å². The van der Waals surface area contributed by atoms with Crippen LogP contribution >= 0.6 is 0 Å². The van der Waals surface area contributed by atoms with Crippen LogP contribution in [0.4, 0.5) is 0 Å². The molecule has 2 saturated carbocycles. The summed E-state index contributed by atoms with van der Waals surface area (Å²) in [6.45, 7) is 7.13. The molecule has 3 heterocycles. The Hall–Kier alpha value is -2.10. The van der Waals surface area contributed by atoms with Crippen LogP contribution in [0.15, 0.2) is 29.5 Å². The third-order valence-electron chi connectivity index (χ3n) is 9.28. The van der Waals surface area contributed by atoms with Crippen molar-refractivity contribution in [1.82, 2.24) is 15.3 Å². The first-order chi connectivity index (χ1) is 16.1. The predicted octanol–water partition coefficient (Wildman–Crippen LogP) is 7.44. The fourth-order valence-electron chi connectivity index (χ4n) is 6.87. The minimum atomic E-state index is 0.143. The van der Waals surface area contributed by atoms with E-state index in [1.54, 1.807) is 6.34 Å². The van der Waals surface area contributed by atoms with Gasteiger partial charge in [-0.3, -0.25) is 9.98 Å². The lowest BCUT2D eigenvalue weighted by atomic mass is 9.68. The SMILES string of the molecule is CC1N=CNC=C1c1cc2cc(C(C)C3CCC(C(C)C4CCCCCC4)CC3)[nH]c2cn1. The molecule has 0 saturated heterocycles. The molecule has 3 atom stereocenters. The number of aromatic nitrogens is 2. The number of hydrogen-bond acceptors (Lipinski definition) is 3. The van der Waals surface area contributed by atoms with E-state index >= 15 is 0 Å². The summed E-state index contributed by atoms with van der Waals surface area (Å²) in [5, 5.41) is 4.38. The molecule has 0 bridgehead atoms. The number of pyridine rings is 1. The molecule has 0 spiro atoms. The van der Waals surface area contributed by atoms with E-state index in [1.165, 1.54) is 75.3 Å². The van der Waals surface area contributed by atoms with E-state index in [1.807, 2.05) is 12.4 Å². The molecule has 2 aromatic rings. The van der Waals surface area contributed by atoms with Gasteiger partial charge < -0.3 is 10.3 Å². The lowest BCUT2D eigenvalue weighted by Gasteiger charge is -2.37. The van der Waals surface area contributed by atoms with Crippen LogP contribution in [0.1, 0.15) is 102 Å². The van der Waals surface area contributed by atoms with Crippen molar-refractivity contribution in [2.24, 2.45) is 28.7 Å². The van der Waals surface area contributed by atoms with E-state index in [4.69, 9.17) is 4.98 Å². The van der Waals surface area contributed by atoms with Gasteiger partial charge in [-0.25, -0.2) is 0 Å². The van der Waals surface area contributed by atoms with Crippen LogP contribution in [0, 0.1) is 23.7 Å². The lowest BCUT2D eigenvalue weighted by molar-refractivity contribution is 0.146. The molecule has 0 radical (unpaired) electrons. The van der Waals surface area contributed by atoms with Crippen LogP contribution in [0.3, 0.4) is 0 Å². The van der Waals surface area contributed by atoms with Crippen molar-refractivity contribution in [2.45, 2.75) is 96.9 Å². The molecule has 3 aliphatic rings. The first-order valence-electron chi connectivity index (χ1n) is 13.6. The van der Waals surface area contributed by atoms with E-state index in [-0.39, 0.29) is 6.04 Å². The minimum absolute atomic E-state index is 0.143. The molecule has 33 heavy (non-hydrogen) atoms. The highest BCUT2D eigenvalue weighted by molar-refractivity contribution is 5.84. The number of rotatable bonds is 5. The summed E-state index contributed by atoms with van der Waals surface area (Å²) in [5.74, 6) is 4.24. The largest absolute Gasteiger partial charge is 0.357 e. The zero-order valence-electron chi connectivity index (χ0n) is 20.8. The van der Waals surface area contributed by atoms with Gasteiger partial charge in [0.05, 0.1) is 29.8 Å². The zero-order valence-corrected chi connectivity index (χ0v) is 20.8. The standard InChI is InChI=1S/C29H42N4/c1-19(22-8-6-4-5-7-9-22)23-10-12-24(13-11-23)20(2)27-14-25-15-28(31-17-29(25)33-27)26-16-30-18-32-21(26)3/h14-24,33H,4-13H2,1-3H3,(H,30,32). The fourth-order valence-corrected chi connectivity index (χ4v) is 6.87. The maximum Gasteiger partial charge on any atom is 0.0870 e. The highest BCUT2D eigenvalue weighted by Crippen LogP contribution is 2.44. The number of aliphatic imine (C=N–C) groups is 1. The summed E-state index contributed by atoms with van der Waals surface area (Å²) in [6.07, 6.45) is 20.3. The molecule has 5 rings (SSSR count). The van der Waals surface area contributed by atoms with Gasteiger partial charge in [0, 0.05) is 22.9 Å². The number of nitrogens with one attached hydrogen (secondary N) is 2. The Kier molecular flexibility index (Phi) is 6.89. The van der Waals surface area contributed by atoms with Crippen molar-refractivity contribution in [2.75, 3.05) is 0 Å². The molecule has 2 aromatic heterocycles. The van der Waals surface area contributed by atoms with Gasteiger partial charge in [-0.05, 0) is 74.3 Å².